The zero-order valence-electron chi connectivity index (χ0n) is 9.88. The minimum atomic E-state index is -0.316. The maximum Gasteiger partial charge on any atom is 0.337 e. The molecule has 0 saturated heterocycles. The SMILES string of the molecule is COC(=O)c1cccc(Cn2cc(C)cn2)c1. The number of nitrogens with zero attached hydrogens (tertiary/aromatic N) is 2. The van der Waals surface area contributed by atoms with Gasteiger partial charge in [-0.15, -0.1) is 0 Å². The lowest BCUT2D eigenvalue weighted by molar-refractivity contribution is 0.0600. The van der Waals surface area contributed by atoms with Crippen molar-refractivity contribution in [1.29, 1.82) is 0 Å². The van der Waals surface area contributed by atoms with Crippen LogP contribution in [0, 0.1) is 6.92 Å². The molecule has 0 radical (unpaired) electrons. The molecule has 2 aromatic rings. The van der Waals surface area contributed by atoms with Gasteiger partial charge in [0, 0.05) is 6.20 Å². The second-order valence-electron chi connectivity index (χ2n) is 3.91. The highest BCUT2D eigenvalue weighted by molar-refractivity contribution is 5.89. The van der Waals surface area contributed by atoms with E-state index in [-0.39, 0.29) is 5.97 Å². The molecule has 0 amide bonds. The largest absolute Gasteiger partial charge is 0.465 e. The molecule has 0 fully saturated rings. The summed E-state index contributed by atoms with van der Waals surface area (Å²) >= 11 is 0. The lowest BCUT2D eigenvalue weighted by Crippen LogP contribution is -2.04. The third-order valence-corrected chi connectivity index (χ3v) is 2.45. The smallest absolute Gasteiger partial charge is 0.337 e. The Bertz CT molecular complexity index is 532. The molecule has 0 N–H and O–H groups in total. The van der Waals surface area contributed by atoms with Crippen molar-refractivity contribution in [3.8, 4) is 0 Å². The zero-order chi connectivity index (χ0) is 12.3. The van der Waals surface area contributed by atoms with Crippen molar-refractivity contribution >= 4 is 5.97 Å². The van der Waals surface area contributed by atoms with E-state index in [9.17, 15) is 4.79 Å². The quantitative estimate of drug-likeness (QED) is 0.758. The molecule has 0 unspecified atom stereocenters. The summed E-state index contributed by atoms with van der Waals surface area (Å²) in [5.41, 5.74) is 2.71. The Labute approximate surface area is 99.8 Å². The van der Waals surface area contributed by atoms with Crippen molar-refractivity contribution in [2.75, 3.05) is 7.11 Å². The lowest BCUT2D eigenvalue weighted by Gasteiger charge is -2.04. The Kier molecular flexibility index (Phi) is 3.23. The number of hydrogen-bond donors (Lipinski definition) is 0. The Morgan fingerprint density at radius 2 is 2.29 bits per heavy atom. The average Bonchev–Trinajstić information content (AvgIpc) is 2.74. The Morgan fingerprint density at radius 1 is 1.47 bits per heavy atom. The van der Waals surface area contributed by atoms with Crippen LogP contribution in [0.25, 0.3) is 0 Å². The van der Waals surface area contributed by atoms with Crippen LogP contribution in [0.3, 0.4) is 0 Å². The van der Waals surface area contributed by atoms with Gasteiger partial charge in [0.1, 0.15) is 0 Å². The van der Waals surface area contributed by atoms with Gasteiger partial charge in [0.2, 0.25) is 0 Å². The van der Waals surface area contributed by atoms with Crippen molar-refractivity contribution in [2.24, 2.45) is 0 Å². The maximum absolute atomic E-state index is 11.4. The van der Waals surface area contributed by atoms with E-state index in [1.165, 1.54) is 7.11 Å². The molecular formula is C13H14N2O2. The number of carbonyl (C=O) groups is 1. The van der Waals surface area contributed by atoms with Gasteiger partial charge in [-0.1, -0.05) is 12.1 Å². The van der Waals surface area contributed by atoms with E-state index in [1.807, 2.05) is 42.2 Å². The van der Waals surface area contributed by atoms with E-state index in [2.05, 4.69) is 9.84 Å². The molecular weight excluding hydrogens is 216 g/mol. The number of carbonyl (C=O) groups excluding carboxylic acids is 1. The molecule has 0 spiro atoms. The van der Waals surface area contributed by atoms with Crippen LogP contribution in [0.15, 0.2) is 36.7 Å². The predicted molar refractivity (Wildman–Crippen MR) is 63.8 cm³/mol. The van der Waals surface area contributed by atoms with Crippen molar-refractivity contribution < 1.29 is 9.53 Å². The number of esters is 1. The molecule has 2 rings (SSSR count). The van der Waals surface area contributed by atoms with Crippen molar-refractivity contribution in [3.63, 3.8) is 0 Å². The monoisotopic (exact) mass is 230 g/mol. The average molecular weight is 230 g/mol. The lowest BCUT2D eigenvalue weighted by atomic mass is 10.1. The van der Waals surface area contributed by atoms with E-state index in [0.29, 0.717) is 12.1 Å². The number of aromatic nitrogens is 2. The van der Waals surface area contributed by atoms with Crippen LogP contribution in [0.4, 0.5) is 0 Å². The molecule has 0 atom stereocenters. The zero-order valence-corrected chi connectivity index (χ0v) is 9.88. The fourth-order valence-electron chi connectivity index (χ4n) is 1.65. The molecule has 0 aliphatic heterocycles. The van der Waals surface area contributed by atoms with Gasteiger partial charge in [0.05, 0.1) is 25.4 Å². The molecule has 0 aliphatic carbocycles. The summed E-state index contributed by atoms with van der Waals surface area (Å²) in [7, 11) is 1.38. The first kappa shape index (κ1) is 11.4. The fourth-order valence-corrected chi connectivity index (χ4v) is 1.65. The molecule has 1 aromatic heterocycles. The number of aryl methyl sites for hydroxylation is 1. The van der Waals surface area contributed by atoms with Crippen LogP contribution < -0.4 is 0 Å². The van der Waals surface area contributed by atoms with Crippen molar-refractivity contribution in [2.45, 2.75) is 13.5 Å². The van der Waals surface area contributed by atoms with Gasteiger partial charge in [0.25, 0.3) is 0 Å². The third-order valence-electron chi connectivity index (χ3n) is 2.45. The highest BCUT2D eigenvalue weighted by Crippen LogP contribution is 2.08. The number of benzene rings is 1. The van der Waals surface area contributed by atoms with Crippen LogP contribution in [-0.4, -0.2) is 22.9 Å². The molecule has 1 aromatic carbocycles. The fraction of sp³-hybridized carbons (Fsp3) is 0.231. The Morgan fingerprint density at radius 3 is 2.94 bits per heavy atom. The van der Waals surface area contributed by atoms with Crippen molar-refractivity contribution in [3.05, 3.63) is 53.3 Å². The van der Waals surface area contributed by atoms with Gasteiger partial charge in [-0.3, -0.25) is 4.68 Å². The maximum atomic E-state index is 11.4. The minimum absolute atomic E-state index is 0.316. The first-order valence-corrected chi connectivity index (χ1v) is 5.35. The summed E-state index contributed by atoms with van der Waals surface area (Å²) < 4.78 is 6.52. The van der Waals surface area contributed by atoms with E-state index >= 15 is 0 Å². The summed E-state index contributed by atoms with van der Waals surface area (Å²) in [6.45, 7) is 2.65. The number of methoxy groups -OCH3 is 1. The standard InChI is InChI=1S/C13H14N2O2/c1-10-7-14-15(8-10)9-11-4-3-5-12(6-11)13(16)17-2/h3-8H,9H2,1-2H3. The summed E-state index contributed by atoms with van der Waals surface area (Å²) in [5.74, 6) is -0.316. The summed E-state index contributed by atoms with van der Waals surface area (Å²) in [4.78, 5) is 11.4. The van der Waals surface area contributed by atoms with Gasteiger partial charge < -0.3 is 4.74 Å². The van der Waals surface area contributed by atoms with Crippen LogP contribution >= 0.6 is 0 Å². The topological polar surface area (TPSA) is 44.1 Å². The molecule has 0 bridgehead atoms. The molecule has 0 saturated carbocycles. The van der Waals surface area contributed by atoms with Crippen LogP contribution in [0.1, 0.15) is 21.5 Å². The van der Waals surface area contributed by atoms with E-state index < -0.39 is 0 Å². The number of ether oxygens (including phenoxy) is 1. The van der Waals surface area contributed by atoms with Crippen LogP contribution in [0.5, 0.6) is 0 Å². The third kappa shape index (κ3) is 2.72. The molecule has 4 heteroatoms. The van der Waals surface area contributed by atoms with Crippen molar-refractivity contribution in [1.82, 2.24) is 9.78 Å². The highest BCUT2D eigenvalue weighted by Gasteiger charge is 2.05. The number of rotatable bonds is 3. The molecule has 1 heterocycles. The van der Waals surface area contributed by atoms with Crippen LogP contribution in [-0.2, 0) is 11.3 Å². The normalized spacial score (nSPS) is 10.2. The van der Waals surface area contributed by atoms with E-state index in [0.717, 1.165) is 11.1 Å². The predicted octanol–water partition coefficient (Wildman–Crippen LogP) is 2.03. The Balaban J connectivity index is 2.19. The Hall–Kier alpha value is -2.10. The van der Waals surface area contributed by atoms with Gasteiger partial charge in [0.15, 0.2) is 0 Å². The summed E-state index contributed by atoms with van der Waals surface area (Å²) in [6, 6.07) is 7.37. The first-order chi connectivity index (χ1) is 8.19. The minimum Gasteiger partial charge on any atom is -0.465 e. The highest BCUT2D eigenvalue weighted by atomic mass is 16.5. The summed E-state index contributed by atoms with van der Waals surface area (Å²) in [5, 5.41) is 4.21. The second-order valence-corrected chi connectivity index (χ2v) is 3.91. The molecule has 17 heavy (non-hydrogen) atoms. The van der Waals surface area contributed by atoms with E-state index in [1.54, 1.807) is 6.07 Å². The molecule has 88 valence electrons. The van der Waals surface area contributed by atoms with Gasteiger partial charge in [-0.2, -0.15) is 5.10 Å². The van der Waals surface area contributed by atoms with Gasteiger partial charge in [-0.05, 0) is 30.2 Å². The first-order valence-electron chi connectivity index (χ1n) is 5.35. The second kappa shape index (κ2) is 4.82. The van der Waals surface area contributed by atoms with Gasteiger partial charge in [-0.25, -0.2) is 4.79 Å². The van der Waals surface area contributed by atoms with E-state index in [4.69, 9.17) is 0 Å². The van der Waals surface area contributed by atoms with Crippen LogP contribution in [0.2, 0.25) is 0 Å². The van der Waals surface area contributed by atoms with Gasteiger partial charge >= 0.3 is 5.97 Å². The summed E-state index contributed by atoms with van der Waals surface area (Å²) in [6.07, 6.45) is 3.77. The number of hydrogen-bond acceptors (Lipinski definition) is 3. The molecule has 0 aliphatic rings. The molecule has 4 nitrogen and oxygen atoms in total.